The molecule has 148 valence electrons. The first-order valence-corrected chi connectivity index (χ1v) is 10.6. The van der Waals surface area contributed by atoms with E-state index in [0.717, 1.165) is 17.1 Å². The first kappa shape index (κ1) is 18.2. The number of carbonyl (C=O) groups excluding carboxylic acids is 1. The molecule has 2 aliphatic heterocycles. The molecule has 1 amide bonds. The van der Waals surface area contributed by atoms with Crippen molar-refractivity contribution < 1.29 is 9.53 Å². The maximum Gasteiger partial charge on any atom is 0.262 e. The third-order valence-electron chi connectivity index (χ3n) is 5.86. The minimum absolute atomic E-state index is 0.0213. The van der Waals surface area contributed by atoms with Crippen molar-refractivity contribution in [1.82, 2.24) is 14.5 Å². The van der Waals surface area contributed by atoms with Crippen molar-refractivity contribution in [1.29, 1.82) is 0 Å². The largest absolute Gasteiger partial charge is 0.497 e. The smallest absolute Gasteiger partial charge is 0.262 e. The van der Waals surface area contributed by atoms with Crippen LogP contribution < -0.4 is 10.3 Å². The van der Waals surface area contributed by atoms with E-state index in [1.807, 2.05) is 54.3 Å². The van der Waals surface area contributed by atoms with Crippen molar-refractivity contribution >= 4 is 28.6 Å². The number of ether oxygens (including phenoxy) is 1. The molecule has 1 saturated heterocycles. The quantitative estimate of drug-likeness (QED) is 0.668. The van der Waals surface area contributed by atoms with Crippen LogP contribution in [0.5, 0.6) is 5.75 Å². The van der Waals surface area contributed by atoms with E-state index in [1.54, 1.807) is 29.5 Å². The van der Waals surface area contributed by atoms with E-state index in [9.17, 15) is 9.59 Å². The number of hydrogen-bond donors (Lipinski definition) is 0. The van der Waals surface area contributed by atoms with Gasteiger partial charge in [0.15, 0.2) is 0 Å². The number of nitrogens with zero attached hydrogens (tertiary/aromatic N) is 3. The molecular weight excluding hydrogens is 386 g/mol. The zero-order valence-electron chi connectivity index (χ0n) is 16.3. The molecule has 2 aliphatic rings. The van der Waals surface area contributed by atoms with E-state index in [-0.39, 0.29) is 11.5 Å². The fraction of sp³-hybridized carbons (Fsp3) is 0.318. The highest BCUT2D eigenvalue weighted by Crippen LogP contribution is 2.48. The van der Waals surface area contributed by atoms with Gasteiger partial charge in [-0.25, -0.2) is 4.98 Å². The Balaban J connectivity index is 1.73. The SMILES string of the molecule is COc1cccc(C[C@@H]2C(=O)N3CCS[C@@]3(C)c3nc4ccccc4c(=O)n32)c1. The summed E-state index contributed by atoms with van der Waals surface area (Å²) in [7, 11) is 1.62. The van der Waals surface area contributed by atoms with Crippen LogP contribution in [0.25, 0.3) is 10.9 Å². The van der Waals surface area contributed by atoms with Gasteiger partial charge in [-0.3, -0.25) is 14.2 Å². The number of amides is 1. The predicted molar refractivity (Wildman–Crippen MR) is 113 cm³/mol. The van der Waals surface area contributed by atoms with Gasteiger partial charge < -0.3 is 9.64 Å². The van der Waals surface area contributed by atoms with Crippen LogP contribution in [0.2, 0.25) is 0 Å². The molecule has 1 fully saturated rings. The second-order valence-electron chi connectivity index (χ2n) is 7.52. The van der Waals surface area contributed by atoms with Crippen LogP contribution in [0, 0.1) is 0 Å². The van der Waals surface area contributed by atoms with Crippen LogP contribution in [-0.4, -0.2) is 39.8 Å². The van der Waals surface area contributed by atoms with Gasteiger partial charge in [-0.2, -0.15) is 0 Å². The molecule has 3 heterocycles. The van der Waals surface area contributed by atoms with Gasteiger partial charge in [0, 0.05) is 18.7 Å². The molecule has 6 nitrogen and oxygen atoms in total. The minimum atomic E-state index is -0.620. The van der Waals surface area contributed by atoms with Crippen LogP contribution in [0.4, 0.5) is 0 Å². The highest BCUT2D eigenvalue weighted by atomic mass is 32.2. The van der Waals surface area contributed by atoms with Crippen LogP contribution in [-0.2, 0) is 16.1 Å². The Kier molecular flexibility index (Phi) is 4.17. The van der Waals surface area contributed by atoms with Gasteiger partial charge in [0.05, 0.1) is 18.0 Å². The van der Waals surface area contributed by atoms with E-state index in [2.05, 4.69) is 0 Å². The lowest BCUT2D eigenvalue weighted by Gasteiger charge is -2.43. The Morgan fingerprint density at radius 3 is 2.86 bits per heavy atom. The van der Waals surface area contributed by atoms with Gasteiger partial charge in [0.25, 0.3) is 5.56 Å². The average Bonchev–Trinajstić information content (AvgIpc) is 3.15. The van der Waals surface area contributed by atoms with Gasteiger partial charge in [0.1, 0.15) is 22.5 Å². The molecule has 2 atom stereocenters. The van der Waals surface area contributed by atoms with Crippen molar-refractivity contribution in [2.24, 2.45) is 0 Å². The third kappa shape index (κ3) is 2.68. The van der Waals surface area contributed by atoms with Crippen molar-refractivity contribution in [2.75, 3.05) is 19.4 Å². The van der Waals surface area contributed by atoms with Crippen LogP contribution in [0.3, 0.4) is 0 Å². The van der Waals surface area contributed by atoms with E-state index in [1.165, 1.54) is 0 Å². The number of fused-ring (bicyclic) bond motifs is 4. The average molecular weight is 407 g/mol. The lowest BCUT2D eigenvalue weighted by atomic mass is 9.99. The molecule has 2 aromatic carbocycles. The first-order valence-electron chi connectivity index (χ1n) is 9.63. The monoisotopic (exact) mass is 407 g/mol. The standard InChI is InChI=1S/C22H21N3O3S/c1-22-21-23-17-9-4-3-8-16(17)19(26)25(21)18(20(27)24(22)10-11-29-22)13-14-6-5-7-15(12-14)28-2/h3-9,12,18H,10-11,13H2,1-2H3/t18-,22+/m1/s1. The Hall–Kier alpha value is -2.80. The highest BCUT2D eigenvalue weighted by Gasteiger charge is 2.52. The number of methoxy groups -OCH3 is 1. The van der Waals surface area contributed by atoms with Gasteiger partial charge in [-0.1, -0.05) is 24.3 Å². The van der Waals surface area contributed by atoms with Gasteiger partial charge in [0.2, 0.25) is 5.91 Å². The Morgan fingerprint density at radius 2 is 2.03 bits per heavy atom. The number of hydrogen-bond acceptors (Lipinski definition) is 5. The van der Waals surface area contributed by atoms with Crippen molar-refractivity contribution in [2.45, 2.75) is 24.3 Å². The summed E-state index contributed by atoms with van der Waals surface area (Å²) in [4.78, 5) is 33.1. The number of para-hydroxylation sites is 1. The summed E-state index contributed by atoms with van der Waals surface area (Å²) >= 11 is 1.67. The molecule has 3 aromatic rings. The van der Waals surface area contributed by atoms with Crippen molar-refractivity contribution in [3.63, 3.8) is 0 Å². The summed E-state index contributed by atoms with van der Waals surface area (Å²) in [6.45, 7) is 2.66. The third-order valence-corrected chi connectivity index (χ3v) is 7.21. The Morgan fingerprint density at radius 1 is 1.21 bits per heavy atom. The number of rotatable bonds is 3. The molecule has 0 aliphatic carbocycles. The highest BCUT2D eigenvalue weighted by molar-refractivity contribution is 8.00. The number of carbonyl (C=O) groups is 1. The molecule has 0 spiro atoms. The van der Waals surface area contributed by atoms with Crippen LogP contribution >= 0.6 is 11.8 Å². The molecule has 0 N–H and O–H groups in total. The van der Waals surface area contributed by atoms with Gasteiger partial charge in [-0.05, 0) is 36.8 Å². The fourth-order valence-corrected chi connectivity index (χ4v) is 5.67. The molecule has 0 saturated carbocycles. The fourth-order valence-electron chi connectivity index (χ4n) is 4.39. The summed E-state index contributed by atoms with van der Waals surface area (Å²) in [6, 6.07) is 14.4. The normalized spacial score (nSPS) is 23.2. The maximum atomic E-state index is 13.5. The van der Waals surface area contributed by atoms with Crippen LogP contribution in [0.15, 0.2) is 53.3 Å². The summed E-state index contributed by atoms with van der Waals surface area (Å²) in [5.74, 6) is 2.20. The van der Waals surface area contributed by atoms with Crippen LogP contribution in [0.1, 0.15) is 24.4 Å². The number of thioether (sulfide) groups is 1. The second kappa shape index (κ2) is 6.62. The molecule has 1 aromatic heterocycles. The Labute approximate surface area is 172 Å². The van der Waals surface area contributed by atoms with Gasteiger partial charge >= 0.3 is 0 Å². The molecule has 0 radical (unpaired) electrons. The molecule has 0 unspecified atom stereocenters. The molecular formula is C22H21N3O3S. The summed E-state index contributed by atoms with van der Waals surface area (Å²) in [5, 5.41) is 0.541. The van der Waals surface area contributed by atoms with E-state index < -0.39 is 10.9 Å². The van der Waals surface area contributed by atoms with E-state index in [4.69, 9.17) is 9.72 Å². The lowest BCUT2D eigenvalue weighted by molar-refractivity contribution is -0.140. The molecule has 5 rings (SSSR count). The Bertz CT molecular complexity index is 1190. The zero-order valence-corrected chi connectivity index (χ0v) is 17.1. The van der Waals surface area contributed by atoms with Crippen molar-refractivity contribution in [3.8, 4) is 5.75 Å². The predicted octanol–water partition coefficient (Wildman–Crippen LogP) is 2.95. The molecule has 29 heavy (non-hydrogen) atoms. The zero-order chi connectivity index (χ0) is 20.2. The van der Waals surface area contributed by atoms with Crippen molar-refractivity contribution in [3.05, 3.63) is 70.3 Å². The summed E-state index contributed by atoms with van der Waals surface area (Å²) in [5.41, 5.74) is 1.47. The minimum Gasteiger partial charge on any atom is -0.497 e. The number of benzene rings is 2. The second-order valence-corrected chi connectivity index (χ2v) is 9.01. The topological polar surface area (TPSA) is 64.4 Å². The summed E-state index contributed by atoms with van der Waals surface area (Å²) < 4.78 is 6.97. The first-order chi connectivity index (χ1) is 14.0. The maximum absolute atomic E-state index is 13.5. The van der Waals surface area contributed by atoms with Gasteiger partial charge in [-0.15, -0.1) is 11.8 Å². The lowest BCUT2D eigenvalue weighted by Crippen LogP contribution is -2.55. The van der Waals surface area contributed by atoms with E-state index >= 15 is 0 Å². The summed E-state index contributed by atoms with van der Waals surface area (Å²) in [6.07, 6.45) is 0.417. The van der Waals surface area contributed by atoms with E-state index in [0.29, 0.717) is 29.7 Å². The molecule has 0 bridgehead atoms. The number of aromatic nitrogens is 2. The molecule has 7 heteroatoms.